The first kappa shape index (κ1) is 27.3. The van der Waals surface area contributed by atoms with E-state index in [4.69, 9.17) is 14.5 Å². The number of nitrogens with one attached hydrogen (secondary N) is 3. The fourth-order valence-electron chi connectivity index (χ4n) is 4.74. The second-order valence-corrected chi connectivity index (χ2v) is 9.31. The zero-order chi connectivity index (χ0) is 22.0. The quantitative estimate of drug-likeness (QED) is 0.215. The zero-order valence-corrected chi connectivity index (χ0v) is 22.5. The van der Waals surface area contributed by atoms with Gasteiger partial charge in [-0.2, -0.15) is 0 Å². The van der Waals surface area contributed by atoms with E-state index in [-0.39, 0.29) is 35.6 Å². The van der Waals surface area contributed by atoms with Crippen LogP contribution in [0.4, 0.5) is 0 Å². The molecule has 2 aliphatic rings. The third-order valence-electron chi connectivity index (χ3n) is 7.03. The molecule has 1 heterocycles. The molecule has 0 bridgehead atoms. The molecular weight excluding hydrogens is 515 g/mol. The van der Waals surface area contributed by atoms with E-state index in [9.17, 15) is 0 Å². The van der Waals surface area contributed by atoms with Gasteiger partial charge in [-0.1, -0.05) is 36.8 Å². The van der Waals surface area contributed by atoms with Crippen molar-refractivity contribution in [2.45, 2.75) is 64.0 Å². The van der Waals surface area contributed by atoms with E-state index in [0.717, 1.165) is 64.7 Å². The highest BCUT2D eigenvalue weighted by atomic mass is 127. The van der Waals surface area contributed by atoms with Crippen LogP contribution in [0.25, 0.3) is 0 Å². The Morgan fingerprint density at radius 3 is 2.44 bits per heavy atom. The van der Waals surface area contributed by atoms with Crippen LogP contribution in [0.1, 0.15) is 64.0 Å². The summed E-state index contributed by atoms with van der Waals surface area (Å²) >= 11 is 0. The van der Waals surface area contributed by atoms with Crippen LogP contribution in [0, 0.1) is 5.41 Å². The summed E-state index contributed by atoms with van der Waals surface area (Å²) in [7, 11) is 1.79. The van der Waals surface area contributed by atoms with E-state index < -0.39 is 0 Å². The van der Waals surface area contributed by atoms with E-state index in [2.05, 4.69) is 60.1 Å². The minimum Gasteiger partial charge on any atom is -0.385 e. The minimum atomic E-state index is -0.00604. The van der Waals surface area contributed by atoms with Gasteiger partial charge in [0.1, 0.15) is 0 Å². The summed E-state index contributed by atoms with van der Waals surface area (Å²) in [6.45, 7) is 9.36. The molecule has 0 aromatic heterocycles. The number of benzene rings is 1. The maximum atomic E-state index is 5.69. The molecule has 1 atom stereocenters. The summed E-state index contributed by atoms with van der Waals surface area (Å²) < 4.78 is 11.0. The Kier molecular flexibility index (Phi) is 11.7. The molecule has 1 aromatic rings. The molecule has 1 unspecified atom stereocenters. The smallest absolute Gasteiger partial charge is 0.191 e. The van der Waals surface area contributed by atoms with Gasteiger partial charge in [-0.15, -0.1) is 24.0 Å². The first-order valence-corrected chi connectivity index (χ1v) is 12.0. The Labute approximate surface area is 211 Å². The van der Waals surface area contributed by atoms with Gasteiger partial charge >= 0.3 is 0 Å². The lowest BCUT2D eigenvalue weighted by molar-refractivity contribution is 0.0354. The second-order valence-electron chi connectivity index (χ2n) is 9.31. The Hall–Kier alpha value is -0.900. The monoisotopic (exact) mass is 558 g/mol. The lowest BCUT2D eigenvalue weighted by Gasteiger charge is -2.42. The largest absolute Gasteiger partial charge is 0.385 e. The van der Waals surface area contributed by atoms with Crippen LogP contribution < -0.4 is 16.0 Å². The Morgan fingerprint density at radius 2 is 1.84 bits per heavy atom. The first-order valence-electron chi connectivity index (χ1n) is 12.0. The predicted molar refractivity (Wildman–Crippen MR) is 143 cm³/mol. The Bertz CT molecular complexity index is 676. The molecule has 3 N–H and O–H groups in total. The van der Waals surface area contributed by atoms with Crippen molar-refractivity contribution in [1.29, 1.82) is 0 Å². The number of methoxy groups -OCH3 is 1. The summed E-state index contributed by atoms with van der Waals surface area (Å²) in [6, 6.07) is 11.0. The van der Waals surface area contributed by atoms with Crippen LogP contribution in [0.15, 0.2) is 35.3 Å². The van der Waals surface area contributed by atoms with Gasteiger partial charge in [0.25, 0.3) is 0 Å². The average molecular weight is 559 g/mol. The van der Waals surface area contributed by atoms with Crippen LogP contribution in [-0.4, -0.2) is 58.1 Å². The van der Waals surface area contributed by atoms with E-state index in [0.29, 0.717) is 5.41 Å². The van der Waals surface area contributed by atoms with Gasteiger partial charge < -0.3 is 25.4 Å². The molecule has 0 amide bonds. The summed E-state index contributed by atoms with van der Waals surface area (Å²) in [6.07, 6.45) is 6.92. The van der Waals surface area contributed by atoms with Crippen LogP contribution in [0.3, 0.4) is 0 Å². The molecule has 6 nitrogen and oxygen atoms in total. The highest BCUT2D eigenvalue weighted by Crippen LogP contribution is 2.44. The summed E-state index contributed by atoms with van der Waals surface area (Å²) in [4.78, 5) is 4.99. The maximum absolute atomic E-state index is 5.69. The minimum absolute atomic E-state index is 0. The molecular formula is C25H43IN4O2. The lowest BCUT2D eigenvalue weighted by Crippen LogP contribution is -2.58. The number of ether oxygens (including phenoxy) is 2. The molecule has 7 heteroatoms. The molecule has 1 aromatic carbocycles. The highest BCUT2D eigenvalue weighted by Gasteiger charge is 2.37. The molecule has 2 fully saturated rings. The molecule has 0 radical (unpaired) electrons. The molecule has 1 saturated carbocycles. The van der Waals surface area contributed by atoms with Crippen LogP contribution in [0.5, 0.6) is 0 Å². The summed E-state index contributed by atoms with van der Waals surface area (Å²) in [5, 5.41) is 11.0. The molecule has 1 saturated heterocycles. The van der Waals surface area contributed by atoms with Crippen molar-refractivity contribution in [3.63, 3.8) is 0 Å². The number of guanidine groups is 1. The second kappa shape index (κ2) is 13.7. The standard InChI is InChI=1S/C25H42N4O2.HI/c1-4-26-23(27-19-24(11-8-12-24)13-16-30-3)28-20-25(14-17-31-18-15-25)29-21(2)22-9-6-5-7-10-22;/h5-7,9-10,21,29H,4,8,11-20H2,1-3H3,(H2,26,27,28);1H. The van der Waals surface area contributed by atoms with E-state index >= 15 is 0 Å². The van der Waals surface area contributed by atoms with Crippen molar-refractivity contribution in [3.05, 3.63) is 35.9 Å². The fourth-order valence-corrected chi connectivity index (χ4v) is 4.74. The lowest BCUT2D eigenvalue weighted by atomic mass is 9.67. The molecule has 182 valence electrons. The number of nitrogens with zero attached hydrogens (tertiary/aromatic N) is 1. The normalized spacial score (nSPS) is 20.5. The molecule has 3 rings (SSSR count). The average Bonchev–Trinajstić information content (AvgIpc) is 2.77. The number of hydrogen-bond donors (Lipinski definition) is 3. The van der Waals surface area contributed by atoms with Gasteiger partial charge in [0.05, 0.1) is 0 Å². The van der Waals surface area contributed by atoms with Crippen molar-refractivity contribution in [2.24, 2.45) is 10.4 Å². The van der Waals surface area contributed by atoms with E-state index in [1.54, 1.807) is 7.11 Å². The predicted octanol–water partition coefficient (Wildman–Crippen LogP) is 4.27. The van der Waals surface area contributed by atoms with E-state index in [1.165, 1.54) is 24.8 Å². The molecule has 1 aliphatic heterocycles. The van der Waals surface area contributed by atoms with Gasteiger partial charge in [0.2, 0.25) is 0 Å². The molecule has 0 spiro atoms. The van der Waals surface area contributed by atoms with Crippen molar-refractivity contribution >= 4 is 29.9 Å². The molecule has 32 heavy (non-hydrogen) atoms. The number of rotatable bonds is 11. The third-order valence-corrected chi connectivity index (χ3v) is 7.03. The topological polar surface area (TPSA) is 66.9 Å². The zero-order valence-electron chi connectivity index (χ0n) is 20.1. The Balaban J connectivity index is 0.00000363. The van der Waals surface area contributed by atoms with Gasteiger partial charge in [0.15, 0.2) is 5.96 Å². The van der Waals surface area contributed by atoms with Gasteiger partial charge in [-0.25, -0.2) is 0 Å². The molecule has 1 aliphatic carbocycles. The summed E-state index contributed by atoms with van der Waals surface area (Å²) in [5.74, 6) is 0.922. The number of halogens is 1. The highest BCUT2D eigenvalue weighted by molar-refractivity contribution is 14.0. The number of hydrogen-bond acceptors (Lipinski definition) is 4. The van der Waals surface area contributed by atoms with Crippen molar-refractivity contribution in [3.8, 4) is 0 Å². The van der Waals surface area contributed by atoms with Gasteiger partial charge in [-0.05, 0) is 56.9 Å². The van der Waals surface area contributed by atoms with Crippen LogP contribution >= 0.6 is 24.0 Å². The third kappa shape index (κ3) is 7.85. The van der Waals surface area contributed by atoms with Crippen molar-refractivity contribution in [1.82, 2.24) is 16.0 Å². The van der Waals surface area contributed by atoms with Crippen molar-refractivity contribution in [2.75, 3.05) is 46.6 Å². The van der Waals surface area contributed by atoms with Crippen molar-refractivity contribution < 1.29 is 9.47 Å². The first-order chi connectivity index (χ1) is 15.1. The maximum Gasteiger partial charge on any atom is 0.191 e. The summed E-state index contributed by atoms with van der Waals surface area (Å²) in [5.41, 5.74) is 1.64. The Morgan fingerprint density at radius 1 is 1.12 bits per heavy atom. The van der Waals surface area contributed by atoms with Gasteiger partial charge in [0, 0.05) is 58.1 Å². The van der Waals surface area contributed by atoms with Crippen LogP contribution in [-0.2, 0) is 9.47 Å². The SMILES string of the molecule is CCNC(=NCC1(CCOC)CCC1)NCC1(NC(C)c2ccccc2)CCOCC1.I. The van der Waals surface area contributed by atoms with Gasteiger partial charge in [-0.3, -0.25) is 4.99 Å². The van der Waals surface area contributed by atoms with Crippen LogP contribution in [0.2, 0.25) is 0 Å². The fraction of sp³-hybridized carbons (Fsp3) is 0.720. The number of aliphatic imine (C=N–C) groups is 1. The van der Waals surface area contributed by atoms with E-state index in [1.807, 2.05) is 0 Å².